The molecule has 4 nitrogen and oxygen atoms in total. The molecule has 1 aliphatic rings. The lowest BCUT2D eigenvalue weighted by molar-refractivity contribution is -0.118. The molecule has 1 aromatic rings. The molecule has 17 heavy (non-hydrogen) atoms. The van der Waals surface area contributed by atoms with Gasteiger partial charge in [-0.1, -0.05) is 6.07 Å². The van der Waals surface area contributed by atoms with Crippen molar-refractivity contribution in [2.75, 3.05) is 17.7 Å². The van der Waals surface area contributed by atoms with Crippen molar-refractivity contribution >= 4 is 17.3 Å². The second-order valence-corrected chi connectivity index (χ2v) is 4.41. The summed E-state index contributed by atoms with van der Waals surface area (Å²) in [6, 6.07) is 5.52. The van der Waals surface area contributed by atoms with E-state index in [1.54, 1.807) is 0 Å². The van der Waals surface area contributed by atoms with Crippen LogP contribution >= 0.6 is 0 Å². The molecule has 1 aliphatic heterocycles. The van der Waals surface area contributed by atoms with Crippen LogP contribution in [0.15, 0.2) is 18.2 Å². The van der Waals surface area contributed by atoms with Crippen molar-refractivity contribution in [3.63, 3.8) is 0 Å². The maximum atomic E-state index is 11.8. The maximum Gasteiger partial charge on any atom is 0.226 e. The minimum Gasteiger partial charge on any atom is -0.398 e. The molecule has 0 spiro atoms. The number of hydrogen-bond acceptors (Lipinski definition) is 3. The van der Waals surface area contributed by atoms with E-state index in [1.165, 1.54) is 0 Å². The van der Waals surface area contributed by atoms with Gasteiger partial charge < -0.3 is 15.8 Å². The van der Waals surface area contributed by atoms with E-state index in [2.05, 4.69) is 5.32 Å². The molecule has 1 heterocycles. The Morgan fingerprint density at radius 3 is 3.12 bits per heavy atom. The number of ether oxygens (including phenoxy) is 1. The fourth-order valence-electron chi connectivity index (χ4n) is 2.00. The Morgan fingerprint density at radius 1 is 1.59 bits per heavy atom. The van der Waals surface area contributed by atoms with Crippen LogP contribution in [0, 0.1) is 6.92 Å². The summed E-state index contributed by atoms with van der Waals surface area (Å²) in [6.45, 7) is 2.67. The topological polar surface area (TPSA) is 64.3 Å². The van der Waals surface area contributed by atoms with Crippen LogP contribution in [0.25, 0.3) is 0 Å². The van der Waals surface area contributed by atoms with E-state index in [0.29, 0.717) is 12.1 Å². The van der Waals surface area contributed by atoms with Crippen LogP contribution in [0.4, 0.5) is 11.4 Å². The zero-order valence-electron chi connectivity index (χ0n) is 10.0. The highest BCUT2D eigenvalue weighted by molar-refractivity contribution is 5.92. The van der Waals surface area contributed by atoms with E-state index < -0.39 is 0 Å². The first-order valence-corrected chi connectivity index (χ1v) is 5.93. The fourth-order valence-corrected chi connectivity index (χ4v) is 2.00. The van der Waals surface area contributed by atoms with Gasteiger partial charge in [0.1, 0.15) is 0 Å². The van der Waals surface area contributed by atoms with Gasteiger partial charge in [0.15, 0.2) is 0 Å². The molecule has 1 aromatic carbocycles. The van der Waals surface area contributed by atoms with Crippen LogP contribution in [0.3, 0.4) is 0 Å². The predicted molar refractivity (Wildman–Crippen MR) is 67.8 cm³/mol. The highest BCUT2D eigenvalue weighted by Crippen LogP contribution is 2.21. The van der Waals surface area contributed by atoms with Gasteiger partial charge >= 0.3 is 0 Å². The minimum atomic E-state index is -0.00870. The molecule has 4 heteroatoms. The van der Waals surface area contributed by atoms with Crippen LogP contribution in [-0.2, 0) is 9.53 Å². The highest BCUT2D eigenvalue weighted by atomic mass is 16.5. The van der Waals surface area contributed by atoms with Gasteiger partial charge in [-0.05, 0) is 37.5 Å². The van der Waals surface area contributed by atoms with Crippen LogP contribution < -0.4 is 11.1 Å². The number of benzene rings is 1. The summed E-state index contributed by atoms with van der Waals surface area (Å²) < 4.78 is 5.43. The van der Waals surface area contributed by atoms with Crippen molar-refractivity contribution in [2.24, 2.45) is 0 Å². The van der Waals surface area contributed by atoms with E-state index in [4.69, 9.17) is 10.5 Å². The molecule has 0 radical (unpaired) electrons. The zero-order valence-corrected chi connectivity index (χ0v) is 10.0. The fraction of sp³-hybridized carbons (Fsp3) is 0.462. The number of anilines is 2. The smallest absolute Gasteiger partial charge is 0.226 e. The minimum absolute atomic E-state index is 0.00870. The normalized spacial score (nSPS) is 19.2. The molecule has 0 bridgehead atoms. The third-order valence-electron chi connectivity index (χ3n) is 3.09. The first kappa shape index (κ1) is 11.9. The third-order valence-corrected chi connectivity index (χ3v) is 3.09. The highest BCUT2D eigenvalue weighted by Gasteiger charge is 2.19. The third kappa shape index (κ3) is 2.97. The molecule has 3 N–H and O–H groups in total. The standard InChI is InChI=1S/C13H18N2O2/c1-9-11(14)5-2-6-12(9)15-13(16)8-10-4-3-7-17-10/h2,5-6,10H,3-4,7-8,14H2,1H3,(H,15,16). The maximum absolute atomic E-state index is 11.8. The number of nitrogen functional groups attached to an aromatic ring is 1. The molecule has 92 valence electrons. The zero-order chi connectivity index (χ0) is 12.3. The molecule has 1 atom stereocenters. The Morgan fingerprint density at radius 2 is 2.41 bits per heavy atom. The quantitative estimate of drug-likeness (QED) is 0.787. The van der Waals surface area contributed by atoms with Crippen molar-refractivity contribution in [1.82, 2.24) is 0 Å². The number of carbonyl (C=O) groups is 1. The summed E-state index contributed by atoms with van der Waals surface area (Å²) in [4.78, 5) is 11.8. The molecule has 1 saturated heterocycles. The summed E-state index contributed by atoms with van der Waals surface area (Å²) in [5.41, 5.74) is 8.17. The number of carbonyl (C=O) groups excluding carboxylic acids is 1. The van der Waals surface area contributed by atoms with Crippen LogP contribution in [-0.4, -0.2) is 18.6 Å². The Hall–Kier alpha value is -1.55. The number of amides is 1. The van der Waals surface area contributed by atoms with Crippen molar-refractivity contribution in [3.8, 4) is 0 Å². The van der Waals surface area contributed by atoms with Crippen molar-refractivity contribution < 1.29 is 9.53 Å². The predicted octanol–water partition coefficient (Wildman–Crippen LogP) is 2.08. The molecule has 0 aliphatic carbocycles. The molecule has 0 saturated carbocycles. The van der Waals surface area contributed by atoms with Crippen molar-refractivity contribution in [1.29, 1.82) is 0 Å². The van der Waals surface area contributed by atoms with E-state index in [-0.39, 0.29) is 12.0 Å². The van der Waals surface area contributed by atoms with Gasteiger partial charge in [0.2, 0.25) is 5.91 Å². The first-order chi connectivity index (χ1) is 8.16. The average Bonchev–Trinajstić information content (AvgIpc) is 2.77. The molecule has 1 amide bonds. The lowest BCUT2D eigenvalue weighted by Gasteiger charge is -2.12. The van der Waals surface area contributed by atoms with Gasteiger partial charge in [-0.3, -0.25) is 4.79 Å². The van der Waals surface area contributed by atoms with E-state index in [0.717, 1.165) is 30.7 Å². The summed E-state index contributed by atoms with van der Waals surface area (Å²) in [5, 5.41) is 2.88. The number of nitrogens with one attached hydrogen (secondary N) is 1. The number of rotatable bonds is 3. The molecule has 1 unspecified atom stereocenters. The van der Waals surface area contributed by atoms with Gasteiger partial charge in [0.25, 0.3) is 0 Å². The molecular formula is C13H18N2O2. The van der Waals surface area contributed by atoms with E-state index in [9.17, 15) is 4.79 Å². The molecular weight excluding hydrogens is 216 g/mol. The summed E-state index contributed by atoms with van der Waals surface area (Å²) in [6.07, 6.45) is 2.53. The van der Waals surface area contributed by atoms with Gasteiger partial charge in [-0.15, -0.1) is 0 Å². The molecule has 1 fully saturated rings. The summed E-state index contributed by atoms with van der Waals surface area (Å²) in [7, 11) is 0. The van der Waals surface area contributed by atoms with Crippen molar-refractivity contribution in [3.05, 3.63) is 23.8 Å². The van der Waals surface area contributed by atoms with Gasteiger partial charge in [-0.2, -0.15) is 0 Å². The van der Waals surface area contributed by atoms with Gasteiger partial charge in [0.05, 0.1) is 12.5 Å². The van der Waals surface area contributed by atoms with E-state index >= 15 is 0 Å². The first-order valence-electron chi connectivity index (χ1n) is 5.93. The molecule has 0 aromatic heterocycles. The van der Waals surface area contributed by atoms with Crippen molar-refractivity contribution in [2.45, 2.75) is 32.3 Å². The van der Waals surface area contributed by atoms with Crippen LogP contribution in [0.1, 0.15) is 24.8 Å². The SMILES string of the molecule is Cc1c(N)cccc1NC(=O)CC1CCCO1. The lowest BCUT2D eigenvalue weighted by Crippen LogP contribution is -2.19. The monoisotopic (exact) mass is 234 g/mol. The Labute approximate surface area is 101 Å². The largest absolute Gasteiger partial charge is 0.398 e. The Bertz CT molecular complexity index is 412. The van der Waals surface area contributed by atoms with E-state index in [1.807, 2.05) is 25.1 Å². The van der Waals surface area contributed by atoms with Gasteiger partial charge in [0, 0.05) is 18.0 Å². The Balaban J connectivity index is 1.95. The number of nitrogens with two attached hydrogens (primary N) is 1. The lowest BCUT2D eigenvalue weighted by atomic mass is 10.1. The molecule has 2 rings (SSSR count). The second-order valence-electron chi connectivity index (χ2n) is 4.41. The average molecular weight is 234 g/mol. The summed E-state index contributed by atoms with van der Waals surface area (Å²) in [5.74, 6) is -0.00870. The van der Waals surface area contributed by atoms with Gasteiger partial charge in [-0.25, -0.2) is 0 Å². The Kier molecular flexibility index (Phi) is 3.64. The van der Waals surface area contributed by atoms with Crippen LogP contribution in [0.2, 0.25) is 0 Å². The number of hydrogen-bond donors (Lipinski definition) is 2. The summed E-state index contributed by atoms with van der Waals surface area (Å²) >= 11 is 0. The second kappa shape index (κ2) is 5.19. The van der Waals surface area contributed by atoms with Crippen LogP contribution in [0.5, 0.6) is 0 Å².